The van der Waals surface area contributed by atoms with E-state index in [0.717, 1.165) is 12.8 Å². The van der Waals surface area contributed by atoms with Gasteiger partial charge in [-0.25, -0.2) is 0 Å². The molecule has 0 aromatic rings. The molecule has 1 rings (SSSR count). The van der Waals surface area contributed by atoms with Gasteiger partial charge in [0.05, 0.1) is 0 Å². The average Bonchev–Trinajstić information content (AvgIpc) is 2.71. The van der Waals surface area contributed by atoms with E-state index in [0.29, 0.717) is 6.04 Å². The third-order valence-corrected chi connectivity index (χ3v) is 1.49. The van der Waals surface area contributed by atoms with Gasteiger partial charge in [0.15, 0.2) is 6.19 Å². The van der Waals surface area contributed by atoms with Crippen molar-refractivity contribution in [3.63, 3.8) is 0 Å². The Balaban J connectivity index is 2.15. The number of nitrogens with zero attached hydrogens (tertiary/aromatic N) is 2. The molecule has 1 saturated carbocycles. The molecular weight excluding hydrogens is 142 g/mol. The van der Waals surface area contributed by atoms with E-state index in [4.69, 9.17) is 5.26 Å². The summed E-state index contributed by atoms with van der Waals surface area (Å²) in [6.07, 6.45) is 4.03. The summed E-state index contributed by atoms with van der Waals surface area (Å²) in [5.41, 5.74) is 0. The van der Waals surface area contributed by atoms with E-state index in [2.05, 4.69) is 5.32 Å². The van der Waals surface area contributed by atoms with Gasteiger partial charge in [-0.15, -0.1) is 0 Å². The zero-order chi connectivity index (χ0) is 8.27. The number of carbonyl (C=O) groups excluding carboxylic acids is 1. The minimum atomic E-state index is -0.0587. The summed E-state index contributed by atoms with van der Waals surface area (Å²) in [6, 6.07) is 0.384. The second-order valence-electron chi connectivity index (χ2n) is 2.80. The number of likely N-dealkylation sites (N-methyl/N-ethyl adjacent to an activating group) is 1. The first kappa shape index (κ1) is 7.86. The van der Waals surface area contributed by atoms with Crippen molar-refractivity contribution in [1.29, 1.82) is 5.26 Å². The van der Waals surface area contributed by atoms with Crippen molar-refractivity contribution >= 4 is 5.91 Å². The highest BCUT2D eigenvalue weighted by atomic mass is 16.2. The lowest BCUT2D eigenvalue weighted by atomic mass is 10.5. The molecule has 0 aliphatic heterocycles. The Bertz CT molecular complexity index is 192. The molecular formula is C7H11N3O. The highest BCUT2D eigenvalue weighted by Gasteiger charge is 2.23. The van der Waals surface area contributed by atoms with Gasteiger partial charge in [-0.05, 0) is 12.8 Å². The Morgan fingerprint density at radius 3 is 2.91 bits per heavy atom. The van der Waals surface area contributed by atoms with E-state index in [9.17, 15) is 4.79 Å². The molecule has 0 radical (unpaired) electrons. The molecule has 1 fully saturated rings. The second kappa shape index (κ2) is 3.24. The van der Waals surface area contributed by atoms with Crippen LogP contribution in [0.5, 0.6) is 0 Å². The molecule has 1 aliphatic carbocycles. The molecule has 60 valence electrons. The van der Waals surface area contributed by atoms with Crippen molar-refractivity contribution in [1.82, 2.24) is 10.2 Å². The van der Waals surface area contributed by atoms with E-state index in [1.165, 1.54) is 4.90 Å². The molecule has 0 unspecified atom stereocenters. The van der Waals surface area contributed by atoms with E-state index in [1.54, 1.807) is 7.05 Å². The highest BCUT2D eigenvalue weighted by Crippen LogP contribution is 2.18. The van der Waals surface area contributed by atoms with Gasteiger partial charge in [0, 0.05) is 13.1 Å². The molecule has 0 heterocycles. The molecule has 0 atom stereocenters. The zero-order valence-corrected chi connectivity index (χ0v) is 6.50. The monoisotopic (exact) mass is 153 g/mol. The maximum atomic E-state index is 11.0. The first-order valence-corrected chi connectivity index (χ1v) is 3.62. The summed E-state index contributed by atoms with van der Waals surface area (Å²) in [4.78, 5) is 12.3. The number of amides is 1. The fourth-order valence-corrected chi connectivity index (χ4v) is 0.752. The predicted octanol–water partition coefficient (Wildman–Crippen LogP) is -0.322. The fraction of sp³-hybridized carbons (Fsp3) is 0.714. The van der Waals surface area contributed by atoms with Gasteiger partial charge in [-0.3, -0.25) is 4.79 Å². The summed E-state index contributed by atoms with van der Waals surface area (Å²) in [5.74, 6) is -0.0587. The lowest BCUT2D eigenvalue weighted by molar-refractivity contribution is -0.121. The summed E-state index contributed by atoms with van der Waals surface area (Å²) in [5, 5.41) is 11.1. The van der Waals surface area contributed by atoms with Gasteiger partial charge in [-0.1, -0.05) is 0 Å². The predicted molar refractivity (Wildman–Crippen MR) is 39.4 cm³/mol. The van der Waals surface area contributed by atoms with Gasteiger partial charge in [-0.2, -0.15) is 5.26 Å². The second-order valence-corrected chi connectivity index (χ2v) is 2.80. The molecule has 0 bridgehead atoms. The topological polar surface area (TPSA) is 56.1 Å². The first-order chi connectivity index (χ1) is 5.22. The summed E-state index contributed by atoms with van der Waals surface area (Å²) in [7, 11) is 1.59. The van der Waals surface area contributed by atoms with E-state index in [1.807, 2.05) is 6.19 Å². The molecule has 1 N–H and O–H groups in total. The Morgan fingerprint density at radius 1 is 1.82 bits per heavy atom. The van der Waals surface area contributed by atoms with Crippen LogP contribution in [0.1, 0.15) is 12.8 Å². The largest absolute Gasteiger partial charge is 0.352 e. The van der Waals surface area contributed by atoms with Crippen LogP contribution < -0.4 is 5.32 Å². The van der Waals surface area contributed by atoms with Crippen LogP contribution in [0.15, 0.2) is 0 Å². The summed E-state index contributed by atoms with van der Waals surface area (Å²) >= 11 is 0. The van der Waals surface area contributed by atoms with Gasteiger partial charge in [0.25, 0.3) is 0 Å². The minimum Gasteiger partial charge on any atom is -0.352 e. The highest BCUT2D eigenvalue weighted by molar-refractivity contribution is 5.78. The zero-order valence-electron chi connectivity index (χ0n) is 6.50. The van der Waals surface area contributed by atoms with E-state index < -0.39 is 0 Å². The van der Waals surface area contributed by atoms with Crippen molar-refractivity contribution in [2.24, 2.45) is 0 Å². The molecule has 4 nitrogen and oxygen atoms in total. The van der Waals surface area contributed by atoms with E-state index in [-0.39, 0.29) is 12.5 Å². The van der Waals surface area contributed by atoms with Crippen molar-refractivity contribution in [3.05, 3.63) is 0 Å². The van der Waals surface area contributed by atoms with Crippen LogP contribution in [0.4, 0.5) is 0 Å². The van der Waals surface area contributed by atoms with Crippen LogP contribution in [0.3, 0.4) is 0 Å². The molecule has 0 spiro atoms. The number of nitrogens with one attached hydrogen (secondary N) is 1. The standard InChI is InChI=1S/C7H11N3O/c1-10(5-8)4-7(11)9-6-2-3-6/h6H,2-4H2,1H3,(H,9,11). The third-order valence-electron chi connectivity index (χ3n) is 1.49. The molecule has 1 aliphatic rings. The lowest BCUT2D eigenvalue weighted by Gasteiger charge is -2.07. The van der Waals surface area contributed by atoms with Gasteiger partial charge < -0.3 is 10.2 Å². The maximum absolute atomic E-state index is 11.0. The van der Waals surface area contributed by atoms with Crippen LogP contribution in [0.2, 0.25) is 0 Å². The number of hydrogen-bond acceptors (Lipinski definition) is 3. The van der Waals surface area contributed by atoms with Crippen molar-refractivity contribution in [2.75, 3.05) is 13.6 Å². The van der Waals surface area contributed by atoms with Gasteiger partial charge in [0.2, 0.25) is 5.91 Å². The molecule has 4 heteroatoms. The maximum Gasteiger partial charge on any atom is 0.240 e. The fourth-order valence-electron chi connectivity index (χ4n) is 0.752. The Labute approximate surface area is 65.8 Å². The van der Waals surface area contributed by atoms with Crippen LogP contribution in [-0.4, -0.2) is 30.4 Å². The van der Waals surface area contributed by atoms with Crippen LogP contribution >= 0.6 is 0 Å². The molecule has 11 heavy (non-hydrogen) atoms. The molecule has 0 aromatic heterocycles. The number of rotatable bonds is 3. The smallest absolute Gasteiger partial charge is 0.240 e. The van der Waals surface area contributed by atoms with Gasteiger partial charge >= 0.3 is 0 Å². The van der Waals surface area contributed by atoms with Crippen molar-refractivity contribution in [3.8, 4) is 6.19 Å². The van der Waals surface area contributed by atoms with Gasteiger partial charge in [0.1, 0.15) is 6.54 Å². The average molecular weight is 153 g/mol. The lowest BCUT2D eigenvalue weighted by Crippen LogP contribution is -2.34. The van der Waals surface area contributed by atoms with Crippen LogP contribution in [0.25, 0.3) is 0 Å². The minimum absolute atomic E-state index is 0.0587. The Hall–Kier alpha value is -1.24. The van der Waals surface area contributed by atoms with Crippen molar-refractivity contribution < 1.29 is 4.79 Å². The Morgan fingerprint density at radius 2 is 2.45 bits per heavy atom. The van der Waals surface area contributed by atoms with Crippen LogP contribution in [0, 0.1) is 11.5 Å². The summed E-state index contributed by atoms with van der Waals surface area (Å²) in [6.45, 7) is 0.174. The normalized spacial score (nSPS) is 15.3. The van der Waals surface area contributed by atoms with Crippen LogP contribution in [-0.2, 0) is 4.79 Å². The molecule has 1 amide bonds. The van der Waals surface area contributed by atoms with Crippen molar-refractivity contribution in [2.45, 2.75) is 18.9 Å². The first-order valence-electron chi connectivity index (χ1n) is 3.62. The third kappa shape index (κ3) is 2.89. The SMILES string of the molecule is CN(C#N)CC(=O)NC1CC1. The quantitative estimate of drug-likeness (QED) is 0.446. The van der Waals surface area contributed by atoms with E-state index >= 15 is 0 Å². The molecule has 0 saturated heterocycles. The molecule has 0 aromatic carbocycles. The number of carbonyl (C=O) groups is 1. The Kier molecular flexibility index (Phi) is 2.32. The number of nitriles is 1. The summed E-state index contributed by atoms with van der Waals surface area (Å²) < 4.78 is 0. The number of hydrogen-bond donors (Lipinski definition) is 1.